The summed E-state index contributed by atoms with van der Waals surface area (Å²) in [5.41, 5.74) is 1.98. The van der Waals surface area contributed by atoms with Gasteiger partial charge in [0, 0.05) is 22.6 Å². The first kappa shape index (κ1) is 31.7. The number of fused-ring (bicyclic) bond motifs is 3. The summed E-state index contributed by atoms with van der Waals surface area (Å²) >= 11 is 0. The molecule has 4 atom stereocenters. The minimum atomic E-state index is -2.69. The number of nitrogens with zero attached hydrogens (tertiary/aromatic N) is 1. The van der Waals surface area contributed by atoms with Crippen molar-refractivity contribution >= 4 is 17.5 Å². The Labute approximate surface area is 245 Å². The zero-order valence-electron chi connectivity index (χ0n) is 25.1. The molecular weight excluding hydrogens is 545 g/mol. The van der Waals surface area contributed by atoms with Crippen LogP contribution in [0.4, 0.5) is 4.39 Å². The van der Waals surface area contributed by atoms with E-state index in [2.05, 4.69) is 5.32 Å². The minimum Gasteiger partial charge on any atom is -0.510 e. The summed E-state index contributed by atoms with van der Waals surface area (Å²) in [5.74, 6) is -7.06. The fourth-order valence-corrected chi connectivity index (χ4v) is 6.53. The molecule has 0 radical (unpaired) electrons. The number of amides is 1. The third-order valence-electron chi connectivity index (χ3n) is 8.52. The Morgan fingerprint density at radius 1 is 1.26 bits per heavy atom. The average molecular weight is 588 g/mol. The molecule has 1 aromatic carbocycles. The number of Topliss-reactive ketones (excluding diaryl/α,β-unsaturated/α-hetero) is 2. The summed E-state index contributed by atoms with van der Waals surface area (Å²) in [6.07, 6.45) is 1.84. The van der Waals surface area contributed by atoms with Crippen molar-refractivity contribution in [2.75, 3.05) is 27.2 Å². The van der Waals surface area contributed by atoms with E-state index < -0.39 is 63.9 Å². The van der Waals surface area contributed by atoms with Crippen molar-refractivity contribution in [2.45, 2.75) is 77.0 Å². The zero-order chi connectivity index (χ0) is 31.3. The number of benzene rings is 1. The van der Waals surface area contributed by atoms with E-state index in [1.807, 2.05) is 27.7 Å². The Hall–Kier alpha value is -3.28. The van der Waals surface area contributed by atoms with Crippen LogP contribution >= 0.6 is 0 Å². The average Bonchev–Trinajstić information content (AvgIpc) is 2.87. The highest BCUT2D eigenvalue weighted by atomic mass is 19.1. The maximum atomic E-state index is 16.1. The number of hydrogen-bond donors (Lipinski definition) is 5. The van der Waals surface area contributed by atoms with Gasteiger partial charge in [-0.05, 0) is 84.6 Å². The fraction of sp³-hybridized carbons (Fsp3) is 0.581. The van der Waals surface area contributed by atoms with Gasteiger partial charge in [-0.3, -0.25) is 19.3 Å². The van der Waals surface area contributed by atoms with Crippen molar-refractivity contribution in [3.05, 3.63) is 51.2 Å². The maximum absolute atomic E-state index is 16.1. The van der Waals surface area contributed by atoms with Crippen molar-refractivity contribution in [1.82, 2.24) is 10.2 Å². The van der Waals surface area contributed by atoms with Crippen LogP contribution in [0.25, 0.3) is 0 Å². The van der Waals surface area contributed by atoms with Crippen molar-refractivity contribution in [2.24, 2.45) is 17.6 Å². The first-order chi connectivity index (χ1) is 19.6. The number of hydrogen-bond acceptors (Lipinski definition) is 9. The lowest BCUT2D eigenvalue weighted by atomic mass is 9.58. The summed E-state index contributed by atoms with van der Waals surface area (Å²) in [6.45, 7) is 8.79. The van der Waals surface area contributed by atoms with Crippen LogP contribution in [0.15, 0.2) is 28.7 Å². The first-order valence-electron chi connectivity index (χ1n) is 14.4. The number of carbonyl (C=O) groups excluding carboxylic acids is 3. The second kappa shape index (κ2) is 11.4. The molecule has 0 aliphatic heterocycles. The highest BCUT2D eigenvalue weighted by Crippen LogP contribution is 2.52. The third-order valence-corrected chi connectivity index (χ3v) is 8.52. The molecule has 0 unspecified atom stereocenters. The van der Waals surface area contributed by atoms with E-state index in [0.29, 0.717) is 24.9 Å². The number of allylic oxidation sites excluding steroid dienone is 1. The predicted molar refractivity (Wildman–Crippen MR) is 154 cm³/mol. The van der Waals surface area contributed by atoms with Gasteiger partial charge in [0.1, 0.15) is 28.7 Å². The number of aliphatic hydroxyl groups excluding tert-OH is 2. The standard InChI is InChI=1S/C31H42FN3O7/c1-7-8-11-42-19-14-15(9-10-34-30(2,3)4)23(32)17-12-16-13-18-24(35(5)6)26(37)22(29(33)40)28(39)31(18,41)27(38)20(16)25(36)21(17)19/h14,16,18,24,34,37-38,41H,7-13H2,1-6H3,(H2,33,40)/t16-,18-,24-,31-/m0/s1. The van der Waals surface area contributed by atoms with E-state index in [4.69, 9.17) is 10.5 Å². The number of primary amides is 1. The highest BCUT2D eigenvalue weighted by molar-refractivity contribution is 6.24. The number of aliphatic hydroxyl groups is 3. The molecular formula is C31H42FN3O7. The molecule has 6 N–H and O–H groups in total. The van der Waals surface area contributed by atoms with Gasteiger partial charge in [0.2, 0.25) is 5.78 Å². The van der Waals surface area contributed by atoms with E-state index in [0.717, 1.165) is 6.42 Å². The molecule has 4 rings (SSSR count). The molecule has 0 aromatic heterocycles. The van der Waals surface area contributed by atoms with Crippen LogP contribution in [0, 0.1) is 17.7 Å². The van der Waals surface area contributed by atoms with Crippen LogP contribution < -0.4 is 15.8 Å². The second-order valence-electron chi connectivity index (χ2n) is 12.8. The molecule has 0 heterocycles. The topological polar surface area (TPSA) is 162 Å². The van der Waals surface area contributed by atoms with E-state index in [1.54, 1.807) is 14.1 Å². The molecule has 42 heavy (non-hydrogen) atoms. The van der Waals surface area contributed by atoms with E-state index in [1.165, 1.54) is 11.0 Å². The van der Waals surface area contributed by atoms with Crippen molar-refractivity contribution in [1.29, 1.82) is 0 Å². The maximum Gasteiger partial charge on any atom is 0.255 e. The van der Waals surface area contributed by atoms with Gasteiger partial charge in [-0.2, -0.15) is 0 Å². The van der Waals surface area contributed by atoms with Crippen LogP contribution in [-0.4, -0.2) is 82.1 Å². The Morgan fingerprint density at radius 3 is 2.50 bits per heavy atom. The van der Waals surface area contributed by atoms with Crippen LogP contribution in [0.3, 0.4) is 0 Å². The smallest absolute Gasteiger partial charge is 0.255 e. The Balaban J connectivity index is 1.87. The summed E-state index contributed by atoms with van der Waals surface area (Å²) in [4.78, 5) is 41.2. The monoisotopic (exact) mass is 587 g/mol. The number of nitrogens with one attached hydrogen (secondary N) is 1. The molecule has 10 nitrogen and oxygen atoms in total. The molecule has 230 valence electrons. The van der Waals surface area contributed by atoms with E-state index >= 15 is 4.39 Å². The lowest BCUT2D eigenvalue weighted by molar-refractivity contribution is -0.148. The van der Waals surface area contributed by atoms with Crippen LogP contribution in [0.5, 0.6) is 5.75 Å². The quantitative estimate of drug-likeness (QED) is 0.216. The van der Waals surface area contributed by atoms with Gasteiger partial charge in [0.15, 0.2) is 11.4 Å². The molecule has 1 amide bonds. The number of carbonyl (C=O) groups is 3. The van der Waals surface area contributed by atoms with Gasteiger partial charge in [-0.25, -0.2) is 4.39 Å². The van der Waals surface area contributed by atoms with Gasteiger partial charge in [0.05, 0.1) is 18.2 Å². The normalized spacial score (nSPS) is 25.9. The van der Waals surface area contributed by atoms with Gasteiger partial charge >= 0.3 is 0 Å². The molecule has 3 aliphatic rings. The fourth-order valence-electron chi connectivity index (χ4n) is 6.53. The van der Waals surface area contributed by atoms with Crippen LogP contribution in [0.1, 0.15) is 68.4 Å². The molecule has 0 fully saturated rings. The van der Waals surface area contributed by atoms with Gasteiger partial charge in [-0.15, -0.1) is 0 Å². The molecule has 3 aliphatic carbocycles. The Kier molecular flexibility index (Phi) is 8.61. The van der Waals surface area contributed by atoms with Gasteiger partial charge < -0.3 is 31.1 Å². The van der Waals surface area contributed by atoms with E-state index in [9.17, 15) is 29.7 Å². The number of nitrogens with two attached hydrogens (primary N) is 1. The molecule has 11 heteroatoms. The SMILES string of the molecule is CCCCOc1cc(CCNC(C)(C)C)c(F)c2c1C(=O)C1=C(O)[C@]3(O)C(=O)C(C(N)=O)=C(O)[C@@H](N(C)C)[C@@H]3C[C@@H]1C2. The predicted octanol–water partition coefficient (Wildman–Crippen LogP) is 2.66. The Morgan fingerprint density at radius 2 is 1.93 bits per heavy atom. The van der Waals surface area contributed by atoms with Crippen molar-refractivity contribution in [3.63, 3.8) is 0 Å². The summed E-state index contributed by atoms with van der Waals surface area (Å²) < 4.78 is 22.1. The highest BCUT2D eigenvalue weighted by Gasteiger charge is 2.63. The van der Waals surface area contributed by atoms with E-state index in [-0.39, 0.29) is 47.4 Å². The number of ether oxygens (including phenoxy) is 1. The Bertz CT molecular complexity index is 1380. The number of unbranched alkanes of at least 4 members (excludes halogenated alkanes) is 1. The summed E-state index contributed by atoms with van der Waals surface area (Å²) in [6, 6.07) is 0.437. The molecule has 0 bridgehead atoms. The summed E-state index contributed by atoms with van der Waals surface area (Å²) in [7, 11) is 3.15. The van der Waals surface area contributed by atoms with Crippen molar-refractivity contribution in [3.8, 4) is 5.75 Å². The molecule has 1 aromatic rings. The van der Waals surface area contributed by atoms with Crippen LogP contribution in [-0.2, 0) is 22.4 Å². The minimum absolute atomic E-state index is 0.00501. The lowest BCUT2D eigenvalue weighted by Gasteiger charge is -2.50. The first-order valence-corrected chi connectivity index (χ1v) is 14.4. The van der Waals surface area contributed by atoms with Gasteiger partial charge in [0.25, 0.3) is 5.91 Å². The molecule has 0 saturated carbocycles. The van der Waals surface area contributed by atoms with Crippen molar-refractivity contribution < 1.29 is 38.8 Å². The summed E-state index contributed by atoms with van der Waals surface area (Å²) in [5, 5.41) is 37.5. The number of ketones is 2. The largest absolute Gasteiger partial charge is 0.510 e. The number of halogens is 1. The number of rotatable bonds is 9. The zero-order valence-corrected chi connectivity index (χ0v) is 25.1. The molecule has 0 saturated heterocycles. The lowest BCUT2D eigenvalue weighted by Crippen LogP contribution is -2.63. The second-order valence-corrected chi connectivity index (χ2v) is 12.8. The van der Waals surface area contributed by atoms with Crippen LogP contribution in [0.2, 0.25) is 0 Å². The number of likely N-dealkylation sites (N-methyl/N-ethyl adjacent to an activating group) is 1. The third kappa shape index (κ3) is 5.22. The van der Waals surface area contributed by atoms with Gasteiger partial charge in [-0.1, -0.05) is 13.3 Å². The molecule has 0 spiro atoms.